The predicted octanol–water partition coefficient (Wildman–Crippen LogP) is 3.89. The molecule has 0 amide bonds. The van der Waals surface area contributed by atoms with E-state index in [2.05, 4.69) is 22.6 Å². The van der Waals surface area contributed by atoms with Gasteiger partial charge in [-0.3, -0.25) is 0 Å². The molecule has 1 aliphatic heterocycles. The van der Waals surface area contributed by atoms with Gasteiger partial charge in [-0.1, -0.05) is 71.1 Å². The fourth-order valence-electron chi connectivity index (χ4n) is 2.30. The first kappa shape index (κ1) is 12.5. The monoisotopic (exact) mass is 366 g/mol. The van der Waals surface area contributed by atoms with E-state index in [-0.39, 0.29) is 0 Å². The number of carbonyl (C=O) groups is 1. The standard InChI is InChI=1S/C15H11IO3/c16-10-15(11-6-2-1-3-7-11)12-8-4-5-9-13(12)18-14(17)19-15/h1-9H,10H2. The molecule has 1 heterocycles. The predicted molar refractivity (Wildman–Crippen MR) is 79.7 cm³/mol. The van der Waals surface area contributed by atoms with Crippen LogP contribution in [0.4, 0.5) is 4.79 Å². The van der Waals surface area contributed by atoms with Crippen molar-refractivity contribution in [3.63, 3.8) is 0 Å². The lowest BCUT2D eigenvalue weighted by molar-refractivity contribution is 0.00680. The third-order valence-electron chi connectivity index (χ3n) is 3.20. The minimum Gasteiger partial charge on any atom is -0.417 e. The lowest BCUT2D eigenvalue weighted by Crippen LogP contribution is -2.40. The zero-order chi connectivity index (χ0) is 13.3. The molecule has 0 radical (unpaired) electrons. The first-order chi connectivity index (χ1) is 9.26. The van der Waals surface area contributed by atoms with Crippen molar-refractivity contribution in [2.75, 3.05) is 4.43 Å². The maximum absolute atomic E-state index is 11.7. The lowest BCUT2D eigenvalue weighted by atomic mass is 9.87. The van der Waals surface area contributed by atoms with Crippen molar-refractivity contribution in [3.8, 4) is 5.75 Å². The van der Waals surface area contributed by atoms with E-state index >= 15 is 0 Å². The second-order valence-electron chi connectivity index (χ2n) is 4.28. The van der Waals surface area contributed by atoms with E-state index in [1.54, 1.807) is 6.07 Å². The van der Waals surface area contributed by atoms with E-state index in [4.69, 9.17) is 9.47 Å². The van der Waals surface area contributed by atoms with Crippen LogP contribution in [0.1, 0.15) is 11.1 Å². The number of hydrogen-bond acceptors (Lipinski definition) is 3. The van der Waals surface area contributed by atoms with E-state index in [1.807, 2.05) is 48.5 Å². The molecule has 0 N–H and O–H groups in total. The minimum absolute atomic E-state index is 0.569. The molecule has 3 rings (SSSR count). The zero-order valence-electron chi connectivity index (χ0n) is 10.0. The van der Waals surface area contributed by atoms with Gasteiger partial charge < -0.3 is 9.47 Å². The number of fused-ring (bicyclic) bond motifs is 1. The Hall–Kier alpha value is -1.56. The largest absolute Gasteiger partial charge is 0.515 e. The Kier molecular flexibility index (Phi) is 3.18. The van der Waals surface area contributed by atoms with Gasteiger partial charge in [0.15, 0.2) is 5.60 Å². The Morgan fingerprint density at radius 2 is 1.68 bits per heavy atom. The molecule has 1 aliphatic rings. The van der Waals surface area contributed by atoms with Gasteiger partial charge in [0.2, 0.25) is 0 Å². The van der Waals surface area contributed by atoms with Crippen LogP contribution in [-0.4, -0.2) is 10.6 Å². The molecule has 1 atom stereocenters. The summed E-state index contributed by atoms with van der Waals surface area (Å²) in [6.45, 7) is 0. The quantitative estimate of drug-likeness (QED) is 0.350. The molecule has 0 spiro atoms. The number of benzene rings is 2. The highest BCUT2D eigenvalue weighted by Crippen LogP contribution is 2.43. The normalized spacial score (nSPS) is 21.2. The maximum atomic E-state index is 11.7. The van der Waals surface area contributed by atoms with Crippen LogP contribution in [0, 0.1) is 0 Å². The Labute approximate surface area is 124 Å². The number of ether oxygens (including phenoxy) is 2. The third kappa shape index (κ3) is 2.00. The summed E-state index contributed by atoms with van der Waals surface area (Å²) >= 11 is 2.24. The number of alkyl halides is 1. The van der Waals surface area contributed by atoms with E-state index in [0.717, 1.165) is 11.1 Å². The topological polar surface area (TPSA) is 35.5 Å². The van der Waals surface area contributed by atoms with Crippen molar-refractivity contribution in [2.45, 2.75) is 5.60 Å². The molecule has 3 nitrogen and oxygen atoms in total. The summed E-state index contributed by atoms with van der Waals surface area (Å²) in [6.07, 6.45) is -0.654. The van der Waals surface area contributed by atoms with Gasteiger partial charge in [0.1, 0.15) is 5.75 Å². The number of hydrogen-bond donors (Lipinski definition) is 0. The Morgan fingerprint density at radius 3 is 2.42 bits per heavy atom. The van der Waals surface area contributed by atoms with Crippen LogP contribution in [0.5, 0.6) is 5.75 Å². The highest BCUT2D eigenvalue weighted by Gasteiger charge is 2.44. The average Bonchev–Trinajstić information content (AvgIpc) is 2.47. The summed E-state index contributed by atoms with van der Waals surface area (Å²) < 4.78 is 11.3. The molecular formula is C15H11IO3. The summed E-state index contributed by atoms with van der Waals surface area (Å²) in [5, 5.41) is 0. The average molecular weight is 366 g/mol. The molecule has 0 saturated heterocycles. The molecule has 0 bridgehead atoms. The first-order valence-electron chi connectivity index (χ1n) is 5.88. The second kappa shape index (κ2) is 4.85. The highest BCUT2D eigenvalue weighted by atomic mass is 127. The number of para-hydroxylation sites is 1. The van der Waals surface area contributed by atoms with E-state index in [0.29, 0.717) is 10.2 Å². The van der Waals surface area contributed by atoms with Gasteiger partial charge in [-0.2, -0.15) is 0 Å². The smallest absolute Gasteiger partial charge is 0.417 e. The first-order valence-corrected chi connectivity index (χ1v) is 7.41. The van der Waals surface area contributed by atoms with Crippen LogP contribution in [-0.2, 0) is 10.3 Å². The number of rotatable bonds is 2. The highest BCUT2D eigenvalue weighted by molar-refractivity contribution is 14.1. The summed E-state index contributed by atoms with van der Waals surface area (Å²) in [7, 11) is 0. The van der Waals surface area contributed by atoms with Crippen LogP contribution in [0.2, 0.25) is 0 Å². The van der Waals surface area contributed by atoms with E-state index in [1.165, 1.54) is 0 Å². The van der Waals surface area contributed by atoms with Crippen LogP contribution >= 0.6 is 22.6 Å². The summed E-state index contributed by atoms with van der Waals surface area (Å²) in [5.41, 5.74) is 1.07. The van der Waals surface area contributed by atoms with Gasteiger partial charge in [0.25, 0.3) is 0 Å². The van der Waals surface area contributed by atoms with Crippen molar-refractivity contribution in [1.29, 1.82) is 0 Å². The SMILES string of the molecule is O=C1Oc2ccccc2C(CI)(c2ccccc2)O1. The van der Waals surface area contributed by atoms with Gasteiger partial charge >= 0.3 is 6.16 Å². The summed E-state index contributed by atoms with van der Waals surface area (Å²) in [5.74, 6) is 0.569. The van der Waals surface area contributed by atoms with Gasteiger partial charge in [0, 0.05) is 15.6 Å². The molecule has 0 aliphatic carbocycles. The van der Waals surface area contributed by atoms with Gasteiger partial charge in [-0.05, 0) is 6.07 Å². The van der Waals surface area contributed by atoms with Crippen LogP contribution in [0.25, 0.3) is 0 Å². The van der Waals surface area contributed by atoms with E-state index < -0.39 is 11.8 Å². The zero-order valence-corrected chi connectivity index (χ0v) is 12.2. The number of carbonyl (C=O) groups excluding carboxylic acids is 1. The molecule has 96 valence electrons. The maximum Gasteiger partial charge on any atom is 0.515 e. The summed E-state index contributed by atoms with van der Waals surface area (Å²) in [6, 6.07) is 17.3. The second-order valence-corrected chi connectivity index (χ2v) is 5.04. The molecule has 0 aromatic heterocycles. The van der Waals surface area contributed by atoms with Crippen LogP contribution in [0.3, 0.4) is 0 Å². The molecule has 2 aromatic rings. The molecule has 4 heteroatoms. The molecule has 1 unspecified atom stereocenters. The fourth-order valence-corrected chi connectivity index (χ4v) is 3.30. The van der Waals surface area contributed by atoms with E-state index in [9.17, 15) is 4.79 Å². The van der Waals surface area contributed by atoms with Gasteiger partial charge in [-0.25, -0.2) is 4.79 Å². The fraction of sp³-hybridized carbons (Fsp3) is 0.133. The van der Waals surface area contributed by atoms with Crippen molar-refractivity contribution < 1.29 is 14.3 Å². The Morgan fingerprint density at radius 1 is 1.00 bits per heavy atom. The third-order valence-corrected chi connectivity index (χ3v) is 4.28. The number of cyclic esters (lactones) is 1. The van der Waals surface area contributed by atoms with Crippen molar-refractivity contribution in [2.24, 2.45) is 0 Å². The van der Waals surface area contributed by atoms with Crippen LogP contribution in [0.15, 0.2) is 54.6 Å². The van der Waals surface area contributed by atoms with Crippen LogP contribution < -0.4 is 4.74 Å². The molecule has 2 aromatic carbocycles. The van der Waals surface area contributed by atoms with Gasteiger partial charge in [-0.15, -0.1) is 0 Å². The summed E-state index contributed by atoms with van der Waals surface area (Å²) in [4.78, 5) is 11.7. The minimum atomic E-state index is -0.770. The van der Waals surface area contributed by atoms with Crippen molar-refractivity contribution >= 4 is 28.7 Å². The van der Waals surface area contributed by atoms with Crippen molar-refractivity contribution in [3.05, 3.63) is 65.7 Å². The molecule has 0 fully saturated rings. The lowest BCUT2D eigenvalue weighted by Gasteiger charge is -2.36. The number of halogens is 1. The molecule has 0 saturated carbocycles. The van der Waals surface area contributed by atoms with Gasteiger partial charge in [0.05, 0.1) is 0 Å². The van der Waals surface area contributed by atoms with Crippen molar-refractivity contribution in [1.82, 2.24) is 0 Å². The molecule has 19 heavy (non-hydrogen) atoms. The Balaban J connectivity index is 2.24. The Bertz CT molecular complexity index is 612. The molecular weight excluding hydrogens is 355 g/mol.